The molecule has 1 rings (SSSR count). The third kappa shape index (κ3) is 2.97. The van der Waals surface area contributed by atoms with Gasteiger partial charge in [0.15, 0.2) is 0 Å². The number of hydrogen-bond donors (Lipinski definition) is 1. The van der Waals surface area contributed by atoms with Crippen molar-refractivity contribution in [1.82, 2.24) is 0 Å². The highest BCUT2D eigenvalue weighted by molar-refractivity contribution is 8.32. The minimum atomic E-state index is -0.0214. The van der Waals surface area contributed by atoms with Gasteiger partial charge >= 0.3 is 0 Å². The van der Waals surface area contributed by atoms with Crippen LogP contribution < -0.4 is 0 Å². The Bertz CT molecular complexity index is 119. The molecule has 0 aromatic carbocycles. The minimum Gasteiger partial charge on any atom is -0.275 e. The van der Waals surface area contributed by atoms with Crippen molar-refractivity contribution in [2.75, 3.05) is 0 Å². The second-order valence-corrected chi connectivity index (χ2v) is 4.63. The first-order valence-corrected chi connectivity index (χ1v) is 5.01. The van der Waals surface area contributed by atoms with Crippen molar-refractivity contribution in [1.29, 1.82) is 0 Å². The van der Waals surface area contributed by atoms with E-state index in [-0.39, 0.29) is 4.45 Å². The molecule has 0 unspecified atom stereocenters. The zero-order valence-corrected chi connectivity index (χ0v) is 7.59. The van der Waals surface area contributed by atoms with Crippen molar-refractivity contribution in [3.05, 3.63) is 0 Å². The number of hydrogen-bond acceptors (Lipinski definition) is 2. The van der Waals surface area contributed by atoms with Gasteiger partial charge in [0.2, 0.25) is 4.45 Å². The molecule has 0 bridgehead atoms. The van der Waals surface area contributed by atoms with Crippen LogP contribution in [0.15, 0.2) is 0 Å². The third-order valence-corrected chi connectivity index (χ3v) is 3.14. The first-order chi connectivity index (χ1) is 4.79. The first kappa shape index (κ1) is 8.47. The lowest BCUT2D eigenvalue weighted by molar-refractivity contribution is 0.276. The number of carbonyl (C=O) groups is 1. The number of rotatable bonds is 1. The van der Waals surface area contributed by atoms with Crippen molar-refractivity contribution in [3.63, 3.8) is 0 Å². The molecule has 0 amide bonds. The van der Waals surface area contributed by atoms with E-state index in [1.807, 2.05) is 0 Å². The van der Waals surface area contributed by atoms with E-state index in [0.717, 1.165) is 0 Å². The van der Waals surface area contributed by atoms with Gasteiger partial charge in [0.1, 0.15) is 0 Å². The van der Waals surface area contributed by atoms with Crippen LogP contribution in [0.1, 0.15) is 32.1 Å². The quantitative estimate of drug-likeness (QED) is 0.618. The first-order valence-electron chi connectivity index (χ1n) is 3.68. The highest BCUT2D eigenvalue weighted by atomic mass is 32.2. The number of carbonyl (C=O) groups excluding carboxylic acids is 1. The molecule has 3 heteroatoms. The molecule has 1 saturated carbocycles. The highest BCUT2D eigenvalue weighted by Gasteiger charge is 2.15. The summed E-state index contributed by atoms with van der Waals surface area (Å²) in [6, 6.07) is 0. The fourth-order valence-corrected chi connectivity index (χ4v) is 2.63. The van der Waals surface area contributed by atoms with Crippen molar-refractivity contribution < 1.29 is 4.79 Å². The van der Waals surface area contributed by atoms with E-state index >= 15 is 0 Å². The van der Waals surface area contributed by atoms with Gasteiger partial charge < -0.3 is 0 Å². The van der Waals surface area contributed by atoms with Crippen LogP contribution in [0.4, 0.5) is 4.79 Å². The Balaban J connectivity index is 2.19. The molecule has 0 spiro atoms. The van der Waals surface area contributed by atoms with E-state index in [4.69, 9.17) is 0 Å². The summed E-state index contributed by atoms with van der Waals surface area (Å²) in [5.74, 6) is 0. The Kier molecular flexibility index (Phi) is 3.63. The standard InChI is InChI=1S/C7H12OS2/c8-7(9)10-6-4-2-1-3-5-6/h6H,1-5H2,(H,8,9). The Hall–Kier alpha value is 0.370. The zero-order valence-electron chi connectivity index (χ0n) is 5.88. The normalized spacial score (nSPS) is 20.9. The maximum Gasteiger partial charge on any atom is 0.243 e. The number of thiol groups is 1. The van der Waals surface area contributed by atoms with E-state index in [1.165, 1.54) is 43.9 Å². The van der Waals surface area contributed by atoms with E-state index in [1.54, 1.807) is 0 Å². The Morgan fingerprint density at radius 2 is 1.90 bits per heavy atom. The van der Waals surface area contributed by atoms with Crippen LogP contribution in [0.3, 0.4) is 0 Å². The highest BCUT2D eigenvalue weighted by Crippen LogP contribution is 2.29. The molecule has 1 nitrogen and oxygen atoms in total. The second kappa shape index (κ2) is 4.29. The molecule has 0 aromatic rings. The molecule has 0 saturated heterocycles. The van der Waals surface area contributed by atoms with Gasteiger partial charge in [0, 0.05) is 5.25 Å². The molecular weight excluding hydrogens is 164 g/mol. The molecular formula is C7H12OS2. The Labute approximate surface area is 71.4 Å². The van der Waals surface area contributed by atoms with Crippen LogP contribution in [-0.2, 0) is 0 Å². The summed E-state index contributed by atoms with van der Waals surface area (Å²) in [7, 11) is 0. The minimum absolute atomic E-state index is 0.0214. The van der Waals surface area contributed by atoms with E-state index in [2.05, 4.69) is 12.6 Å². The van der Waals surface area contributed by atoms with E-state index in [0.29, 0.717) is 5.25 Å². The van der Waals surface area contributed by atoms with Crippen LogP contribution in [0.25, 0.3) is 0 Å². The maximum absolute atomic E-state index is 10.5. The largest absolute Gasteiger partial charge is 0.275 e. The van der Waals surface area contributed by atoms with Crippen LogP contribution in [0.5, 0.6) is 0 Å². The van der Waals surface area contributed by atoms with E-state index in [9.17, 15) is 4.79 Å². The molecule has 0 atom stereocenters. The molecule has 0 aromatic heterocycles. The van der Waals surface area contributed by atoms with Gasteiger partial charge in [-0.05, 0) is 12.8 Å². The van der Waals surface area contributed by atoms with Gasteiger partial charge in [0.05, 0.1) is 0 Å². The summed E-state index contributed by atoms with van der Waals surface area (Å²) in [6.07, 6.45) is 6.34. The van der Waals surface area contributed by atoms with Gasteiger partial charge in [-0.15, -0.1) is 0 Å². The summed E-state index contributed by atoms with van der Waals surface area (Å²) in [6.45, 7) is 0. The van der Waals surface area contributed by atoms with Gasteiger partial charge in [0.25, 0.3) is 0 Å². The van der Waals surface area contributed by atoms with Crippen molar-refractivity contribution in [3.8, 4) is 0 Å². The van der Waals surface area contributed by atoms with Gasteiger partial charge in [-0.1, -0.05) is 43.7 Å². The van der Waals surface area contributed by atoms with Crippen LogP contribution in [-0.4, -0.2) is 9.70 Å². The summed E-state index contributed by atoms with van der Waals surface area (Å²) < 4.78 is -0.0214. The Morgan fingerprint density at radius 1 is 1.30 bits per heavy atom. The zero-order chi connectivity index (χ0) is 7.40. The molecule has 1 aliphatic rings. The fourth-order valence-electron chi connectivity index (χ4n) is 1.33. The summed E-state index contributed by atoms with van der Waals surface area (Å²) in [5, 5.41) is 0.568. The molecule has 0 radical (unpaired) electrons. The summed E-state index contributed by atoms with van der Waals surface area (Å²) >= 11 is 5.13. The average molecular weight is 176 g/mol. The van der Waals surface area contributed by atoms with Crippen LogP contribution in [0.2, 0.25) is 0 Å². The third-order valence-electron chi connectivity index (χ3n) is 1.82. The lowest BCUT2D eigenvalue weighted by Gasteiger charge is -2.18. The molecule has 0 N–H and O–H groups in total. The fraction of sp³-hybridized carbons (Fsp3) is 0.857. The predicted octanol–water partition coefficient (Wildman–Crippen LogP) is 3.10. The average Bonchev–Trinajstić information content (AvgIpc) is 1.88. The van der Waals surface area contributed by atoms with Gasteiger partial charge in [-0.25, -0.2) is 0 Å². The SMILES string of the molecule is O=C(S)SC1CCCCC1. The summed E-state index contributed by atoms with van der Waals surface area (Å²) in [5.41, 5.74) is 0. The van der Waals surface area contributed by atoms with Crippen molar-refractivity contribution >= 4 is 28.8 Å². The Morgan fingerprint density at radius 3 is 2.40 bits per heavy atom. The predicted molar refractivity (Wildman–Crippen MR) is 48.8 cm³/mol. The maximum atomic E-state index is 10.5. The lowest BCUT2D eigenvalue weighted by atomic mass is 10.0. The topological polar surface area (TPSA) is 17.1 Å². The monoisotopic (exact) mass is 176 g/mol. The molecule has 10 heavy (non-hydrogen) atoms. The van der Waals surface area contributed by atoms with Gasteiger partial charge in [-0.2, -0.15) is 0 Å². The smallest absolute Gasteiger partial charge is 0.243 e. The van der Waals surface area contributed by atoms with Crippen LogP contribution in [0, 0.1) is 0 Å². The lowest BCUT2D eigenvalue weighted by Crippen LogP contribution is -2.08. The van der Waals surface area contributed by atoms with Gasteiger partial charge in [-0.3, -0.25) is 4.79 Å². The molecule has 0 aliphatic heterocycles. The van der Waals surface area contributed by atoms with Crippen LogP contribution >= 0.6 is 24.4 Å². The molecule has 1 fully saturated rings. The van der Waals surface area contributed by atoms with Crippen molar-refractivity contribution in [2.45, 2.75) is 37.4 Å². The van der Waals surface area contributed by atoms with Crippen molar-refractivity contribution in [2.24, 2.45) is 0 Å². The number of thioether (sulfide) groups is 1. The molecule has 1 aliphatic carbocycles. The molecule has 58 valence electrons. The van der Waals surface area contributed by atoms with E-state index < -0.39 is 0 Å². The second-order valence-electron chi connectivity index (χ2n) is 2.64. The summed E-state index contributed by atoms with van der Waals surface area (Å²) in [4.78, 5) is 10.5. The molecule has 0 heterocycles.